The molecule has 1 fully saturated rings. The monoisotopic (exact) mass is 904 g/mol. The number of esters is 4. The van der Waals surface area contributed by atoms with Crippen LogP contribution >= 0.6 is 0 Å². The number of hydrogen-bond acceptors (Lipinski definition) is 12. The number of benzene rings is 4. The second-order valence-electron chi connectivity index (χ2n) is 15.9. The molecule has 0 spiro atoms. The Labute approximate surface area is 389 Å². The molecule has 5 rings (SSSR count). The summed E-state index contributed by atoms with van der Waals surface area (Å²) >= 11 is 0. The van der Waals surface area contributed by atoms with Crippen LogP contribution in [0.1, 0.15) is 111 Å². The third-order valence-electron chi connectivity index (χ3n) is 10.9. The predicted octanol–water partition coefficient (Wildman–Crippen LogP) is 11.4. The second kappa shape index (κ2) is 29.3. The van der Waals surface area contributed by atoms with Gasteiger partial charge in [-0.05, 0) is 96.5 Å². The van der Waals surface area contributed by atoms with Gasteiger partial charge >= 0.3 is 23.9 Å². The molecule has 352 valence electrons. The van der Waals surface area contributed by atoms with Gasteiger partial charge in [-0.3, -0.25) is 0 Å². The van der Waals surface area contributed by atoms with Gasteiger partial charge in [0.2, 0.25) is 0 Å². The first-order valence-corrected chi connectivity index (χ1v) is 23.2. The molecule has 1 aliphatic rings. The Morgan fingerprint density at radius 1 is 0.424 bits per heavy atom. The summed E-state index contributed by atoms with van der Waals surface area (Å²) in [6, 6.07) is 29.7. The first-order chi connectivity index (χ1) is 32.3. The van der Waals surface area contributed by atoms with Crippen LogP contribution in [0.15, 0.2) is 122 Å². The molecule has 0 radical (unpaired) electrons. The zero-order valence-electron chi connectivity index (χ0n) is 38.0. The van der Waals surface area contributed by atoms with Crippen molar-refractivity contribution in [1.82, 2.24) is 0 Å². The van der Waals surface area contributed by atoms with E-state index in [0.29, 0.717) is 37.6 Å². The summed E-state index contributed by atoms with van der Waals surface area (Å²) in [6.07, 6.45) is 14.7. The Hall–Kier alpha value is -6.24. The lowest BCUT2D eigenvalue weighted by molar-refractivity contribution is -0.288. The average molecular weight is 905 g/mol. The van der Waals surface area contributed by atoms with E-state index in [-0.39, 0.29) is 25.2 Å². The fourth-order valence-electron chi connectivity index (χ4n) is 7.12. The van der Waals surface area contributed by atoms with Crippen LogP contribution in [0.25, 0.3) is 22.3 Å². The van der Waals surface area contributed by atoms with E-state index in [1.807, 2.05) is 72.8 Å². The van der Waals surface area contributed by atoms with Gasteiger partial charge in [0.05, 0.1) is 50.8 Å². The maximum absolute atomic E-state index is 13.2. The van der Waals surface area contributed by atoms with Crippen LogP contribution in [0.5, 0.6) is 11.5 Å². The van der Waals surface area contributed by atoms with Crippen molar-refractivity contribution in [3.63, 3.8) is 0 Å². The summed E-state index contributed by atoms with van der Waals surface area (Å²) < 4.78 is 44.4. The highest BCUT2D eigenvalue weighted by Gasteiger charge is 2.34. The minimum absolute atomic E-state index is 0.169. The molecule has 12 heteroatoms. The van der Waals surface area contributed by atoms with Crippen LogP contribution in [-0.4, -0.2) is 76.1 Å². The molecule has 2 unspecified atom stereocenters. The molecule has 4 aromatic carbocycles. The molecule has 1 aliphatic heterocycles. The van der Waals surface area contributed by atoms with E-state index in [4.69, 9.17) is 37.9 Å². The standard InChI is InChI=1S/C54H64O12/c1-3-49(55)61-37-17-13-9-5-7-11-15-35-59-47-31-27-43(28-32-47)41-19-23-45(24-20-41)51(57)65-53-54(64-40-39-63-53)66-52(58)46-25-21-42(22-26-46)44-29-33-48(34-30-44)60-36-16-12-8-6-10-14-18-38-62-50(56)4-2/h3-4,19-34,53-54H,1-2,5-18,35-40H2. The normalized spacial score (nSPS) is 14.4. The first kappa shape index (κ1) is 50.8. The summed E-state index contributed by atoms with van der Waals surface area (Å²) in [5.41, 5.74) is 4.40. The molecular formula is C54H64O12. The molecule has 0 N–H and O–H groups in total. The molecule has 0 aliphatic carbocycles. The maximum Gasteiger partial charge on any atom is 0.340 e. The smallest absolute Gasteiger partial charge is 0.340 e. The van der Waals surface area contributed by atoms with Gasteiger partial charge < -0.3 is 37.9 Å². The molecule has 0 bridgehead atoms. The number of unbranched alkanes of at least 4 members (excludes halogenated alkanes) is 12. The Kier molecular flexibility index (Phi) is 22.6. The molecule has 0 aromatic heterocycles. The topological polar surface area (TPSA) is 142 Å². The summed E-state index contributed by atoms with van der Waals surface area (Å²) in [7, 11) is 0. The van der Waals surface area contributed by atoms with Gasteiger partial charge in [0.15, 0.2) is 0 Å². The van der Waals surface area contributed by atoms with Crippen molar-refractivity contribution in [2.24, 2.45) is 0 Å². The number of carbonyl (C=O) groups excluding carboxylic acids is 4. The molecule has 1 saturated heterocycles. The number of hydrogen-bond donors (Lipinski definition) is 0. The third-order valence-corrected chi connectivity index (χ3v) is 10.9. The second-order valence-corrected chi connectivity index (χ2v) is 15.9. The third kappa shape index (κ3) is 18.3. The first-order valence-electron chi connectivity index (χ1n) is 23.2. The quantitative estimate of drug-likeness (QED) is 0.0213. The van der Waals surface area contributed by atoms with Crippen molar-refractivity contribution in [3.8, 4) is 33.8 Å². The number of rotatable bonds is 30. The summed E-state index contributed by atoms with van der Waals surface area (Å²) in [4.78, 5) is 48.5. The predicted molar refractivity (Wildman–Crippen MR) is 252 cm³/mol. The van der Waals surface area contributed by atoms with Gasteiger partial charge in [0.1, 0.15) is 11.5 Å². The van der Waals surface area contributed by atoms with Crippen LogP contribution < -0.4 is 9.47 Å². The molecular weight excluding hydrogens is 841 g/mol. The fraction of sp³-hybridized carbons (Fsp3) is 0.407. The summed E-state index contributed by atoms with van der Waals surface area (Å²) in [5.74, 6) is -0.410. The van der Waals surface area contributed by atoms with E-state index in [9.17, 15) is 19.2 Å². The van der Waals surface area contributed by atoms with Crippen molar-refractivity contribution in [3.05, 3.63) is 133 Å². The Bertz CT molecular complexity index is 1930. The largest absolute Gasteiger partial charge is 0.494 e. The fourth-order valence-corrected chi connectivity index (χ4v) is 7.12. The molecule has 4 aromatic rings. The van der Waals surface area contributed by atoms with Crippen molar-refractivity contribution in [1.29, 1.82) is 0 Å². The highest BCUT2D eigenvalue weighted by atomic mass is 16.8. The van der Waals surface area contributed by atoms with E-state index >= 15 is 0 Å². The van der Waals surface area contributed by atoms with E-state index in [1.165, 1.54) is 12.2 Å². The minimum Gasteiger partial charge on any atom is -0.494 e. The number of carbonyl (C=O) groups is 4. The molecule has 12 nitrogen and oxygen atoms in total. The van der Waals surface area contributed by atoms with E-state index in [0.717, 1.165) is 124 Å². The van der Waals surface area contributed by atoms with Gasteiger partial charge in [-0.2, -0.15) is 0 Å². The molecule has 0 saturated carbocycles. The highest BCUT2D eigenvalue weighted by molar-refractivity contribution is 5.91. The van der Waals surface area contributed by atoms with Crippen LogP contribution in [-0.2, 0) is 38.0 Å². The van der Waals surface area contributed by atoms with Crippen LogP contribution in [0.4, 0.5) is 0 Å². The SMILES string of the molecule is C=CC(=O)OCCCCCCCCCOc1ccc(-c2ccc(C(=O)OC3OCCOC3OC(=O)c3ccc(-c4ccc(OCCCCCCCCCOC(=O)C=C)cc4)cc3)cc2)cc1. The zero-order valence-corrected chi connectivity index (χ0v) is 38.0. The Balaban J connectivity index is 0.971. The van der Waals surface area contributed by atoms with Crippen LogP contribution in [0, 0.1) is 0 Å². The van der Waals surface area contributed by atoms with E-state index in [1.54, 1.807) is 24.3 Å². The molecule has 66 heavy (non-hydrogen) atoms. The van der Waals surface area contributed by atoms with E-state index in [2.05, 4.69) is 13.2 Å². The molecule has 1 heterocycles. The Morgan fingerprint density at radius 3 is 1.03 bits per heavy atom. The summed E-state index contributed by atoms with van der Waals surface area (Å²) in [5, 5.41) is 0. The van der Waals surface area contributed by atoms with Crippen LogP contribution in [0.2, 0.25) is 0 Å². The van der Waals surface area contributed by atoms with E-state index < -0.39 is 24.5 Å². The minimum atomic E-state index is -1.24. The summed E-state index contributed by atoms with van der Waals surface area (Å²) in [6.45, 7) is 9.33. The maximum atomic E-state index is 13.2. The lowest BCUT2D eigenvalue weighted by Crippen LogP contribution is -2.44. The van der Waals surface area contributed by atoms with Crippen molar-refractivity contribution in [2.45, 2.75) is 102 Å². The van der Waals surface area contributed by atoms with Gasteiger partial charge in [-0.15, -0.1) is 0 Å². The van der Waals surface area contributed by atoms with Crippen molar-refractivity contribution in [2.75, 3.05) is 39.6 Å². The van der Waals surface area contributed by atoms with Gasteiger partial charge in [-0.25, -0.2) is 19.2 Å². The van der Waals surface area contributed by atoms with Gasteiger partial charge in [0, 0.05) is 12.2 Å². The van der Waals surface area contributed by atoms with Crippen molar-refractivity contribution >= 4 is 23.9 Å². The highest BCUT2D eigenvalue weighted by Crippen LogP contribution is 2.26. The zero-order chi connectivity index (χ0) is 46.6. The molecule has 0 amide bonds. The van der Waals surface area contributed by atoms with Crippen molar-refractivity contribution < 1.29 is 57.1 Å². The van der Waals surface area contributed by atoms with Crippen LogP contribution in [0.3, 0.4) is 0 Å². The number of ether oxygens (including phenoxy) is 8. The molecule has 2 atom stereocenters. The Morgan fingerprint density at radius 2 is 0.712 bits per heavy atom. The lowest BCUT2D eigenvalue weighted by atomic mass is 10.0. The van der Waals surface area contributed by atoms with Gasteiger partial charge in [-0.1, -0.05) is 126 Å². The lowest BCUT2D eigenvalue weighted by Gasteiger charge is -2.30. The van der Waals surface area contributed by atoms with Gasteiger partial charge in [0.25, 0.3) is 12.6 Å². The average Bonchev–Trinajstić information content (AvgIpc) is 3.35.